The zero-order valence-corrected chi connectivity index (χ0v) is 9.26. The van der Waals surface area contributed by atoms with Crippen molar-refractivity contribution in [1.29, 1.82) is 5.26 Å². The van der Waals surface area contributed by atoms with E-state index in [1.165, 1.54) is 12.1 Å². The number of hydrogen-bond acceptors (Lipinski definition) is 6. The molecule has 1 heterocycles. The van der Waals surface area contributed by atoms with Crippen LogP contribution in [-0.4, -0.2) is 19.6 Å². The second-order valence-electron chi connectivity index (χ2n) is 3.47. The van der Waals surface area contributed by atoms with E-state index in [0.717, 1.165) is 23.1 Å². The van der Waals surface area contributed by atoms with Crippen molar-refractivity contribution in [3.63, 3.8) is 0 Å². The van der Waals surface area contributed by atoms with Crippen LogP contribution in [0.2, 0.25) is 0 Å². The lowest BCUT2D eigenvalue weighted by Gasteiger charge is -2.01. The molecule has 0 aliphatic rings. The van der Waals surface area contributed by atoms with E-state index in [1.54, 1.807) is 6.07 Å². The van der Waals surface area contributed by atoms with Gasteiger partial charge in [-0.3, -0.25) is 20.2 Å². The second kappa shape index (κ2) is 4.53. The molecule has 1 aromatic carbocycles. The standard InChI is InChI=1S/C10H5N5O4/c11-4-7-1-2-8(3-10(7)15(18)19)13-6-9(5-12-13)14(16)17/h1-3,5-6H. The van der Waals surface area contributed by atoms with Crippen LogP contribution >= 0.6 is 0 Å². The number of aromatic nitrogens is 2. The normalized spacial score (nSPS) is 9.84. The first-order valence-corrected chi connectivity index (χ1v) is 4.91. The molecule has 2 aromatic rings. The maximum Gasteiger partial charge on any atom is 0.307 e. The summed E-state index contributed by atoms with van der Waals surface area (Å²) in [5.41, 5.74) is -0.431. The highest BCUT2D eigenvalue weighted by Gasteiger charge is 2.16. The van der Waals surface area contributed by atoms with Crippen LogP contribution in [0.3, 0.4) is 0 Å². The number of nitrogens with zero attached hydrogens (tertiary/aromatic N) is 5. The molecule has 0 fully saturated rings. The lowest BCUT2D eigenvalue weighted by Crippen LogP contribution is -1.98. The number of hydrogen-bond donors (Lipinski definition) is 0. The summed E-state index contributed by atoms with van der Waals surface area (Å²) in [5.74, 6) is 0. The van der Waals surface area contributed by atoms with Gasteiger partial charge in [0.05, 0.1) is 15.5 Å². The van der Waals surface area contributed by atoms with Crippen molar-refractivity contribution < 1.29 is 9.85 Å². The third-order valence-corrected chi connectivity index (χ3v) is 2.34. The summed E-state index contributed by atoms with van der Waals surface area (Å²) in [6, 6.07) is 5.52. The molecule has 0 saturated carbocycles. The van der Waals surface area contributed by atoms with E-state index in [-0.39, 0.29) is 22.6 Å². The molecule has 0 amide bonds. The van der Waals surface area contributed by atoms with Crippen LogP contribution in [0.1, 0.15) is 5.56 Å². The summed E-state index contributed by atoms with van der Waals surface area (Å²) in [6.45, 7) is 0. The van der Waals surface area contributed by atoms with E-state index >= 15 is 0 Å². The van der Waals surface area contributed by atoms with Crippen molar-refractivity contribution in [2.45, 2.75) is 0 Å². The third kappa shape index (κ3) is 2.22. The first-order valence-electron chi connectivity index (χ1n) is 4.91. The third-order valence-electron chi connectivity index (χ3n) is 2.34. The summed E-state index contributed by atoms with van der Waals surface area (Å²) in [6.07, 6.45) is 2.16. The molecule has 0 saturated heterocycles. The predicted octanol–water partition coefficient (Wildman–Crippen LogP) is 1.56. The Morgan fingerprint density at radius 1 is 1.26 bits per heavy atom. The summed E-state index contributed by atoms with van der Waals surface area (Å²) < 4.78 is 1.13. The minimum atomic E-state index is -0.694. The Labute approximate surface area is 105 Å². The van der Waals surface area contributed by atoms with Crippen LogP contribution in [0.4, 0.5) is 11.4 Å². The molecule has 0 aliphatic carbocycles. The molecule has 0 bridgehead atoms. The van der Waals surface area contributed by atoms with Gasteiger partial charge >= 0.3 is 5.69 Å². The summed E-state index contributed by atoms with van der Waals surface area (Å²) in [7, 11) is 0. The Hall–Kier alpha value is -3.28. The maximum atomic E-state index is 10.8. The zero-order valence-electron chi connectivity index (χ0n) is 9.26. The highest BCUT2D eigenvalue weighted by molar-refractivity contribution is 5.54. The van der Waals surface area contributed by atoms with Gasteiger partial charge in [0.15, 0.2) is 0 Å². The van der Waals surface area contributed by atoms with E-state index in [0.29, 0.717) is 0 Å². The molecule has 0 N–H and O–H groups in total. The van der Waals surface area contributed by atoms with Crippen molar-refractivity contribution in [3.05, 3.63) is 56.4 Å². The number of rotatable bonds is 3. The largest absolute Gasteiger partial charge is 0.307 e. The summed E-state index contributed by atoms with van der Waals surface area (Å²) in [4.78, 5) is 20.0. The minimum absolute atomic E-state index is 0.0876. The van der Waals surface area contributed by atoms with Crippen molar-refractivity contribution in [1.82, 2.24) is 9.78 Å². The van der Waals surface area contributed by atoms with Gasteiger partial charge in [-0.25, -0.2) is 4.68 Å². The van der Waals surface area contributed by atoms with Gasteiger partial charge in [-0.15, -0.1) is 0 Å². The number of nitro benzene ring substituents is 1. The van der Waals surface area contributed by atoms with E-state index in [4.69, 9.17) is 5.26 Å². The molecule has 2 rings (SSSR count). The van der Waals surface area contributed by atoms with E-state index in [2.05, 4.69) is 5.10 Å². The van der Waals surface area contributed by atoms with Crippen LogP contribution in [0.15, 0.2) is 30.6 Å². The van der Waals surface area contributed by atoms with Gasteiger partial charge in [-0.2, -0.15) is 10.4 Å². The van der Waals surface area contributed by atoms with Gasteiger partial charge in [-0.1, -0.05) is 0 Å². The Bertz CT molecular complexity index is 715. The average molecular weight is 259 g/mol. The second-order valence-corrected chi connectivity index (χ2v) is 3.47. The quantitative estimate of drug-likeness (QED) is 0.607. The monoisotopic (exact) mass is 259 g/mol. The van der Waals surface area contributed by atoms with Gasteiger partial charge in [-0.05, 0) is 12.1 Å². The van der Waals surface area contributed by atoms with Crippen molar-refractivity contribution in [2.75, 3.05) is 0 Å². The highest BCUT2D eigenvalue weighted by Crippen LogP contribution is 2.22. The first kappa shape index (κ1) is 12.2. The van der Waals surface area contributed by atoms with E-state index in [1.807, 2.05) is 0 Å². The molecule has 0 atom stereocenters. The molecule has 0 unspecified atom stereocenters. The Kier molecular flexibility index (Phi) is 2.91. The topological polar surface area (TPSA) is 128 Å². The van der Waals surface area contributed by atoms with Crippen molar-refractivity contribution in [2.24, 2.45) is 0 Å². The summed E-state index contributed by atoms with van der Waals surface area (Å²) >= 11 is 0. The predicted molar refractivity (Wildman–Crippen MR) is 61.6 cm³/mol. The molecule has 19 heavy (non-hydrogen) atoms. The van der Waals surface area contributed by atoms with Crippen molar-refractivity contribution in [3.8, 4) is 11.8 Å². The van der Waals surface area contributed by atoms with Gasteiger partial charge in [0, 0.05) is 6.07 Å². The van der Waals surface area contributed by atoms with Crippen LogP contribution < -0.4 is 0 Å². The molecule has 9 nitrogen and oxygen atoms in total. The molecule has 94 valence electrons. The van der Waals surface area contributed by atoms with Crippen LogP contribution in [0.5, 0.6) is 0 Å². The number of nitriles is 1. The van der Waals surface area contributed by atoms with Crippen LogP contribution in [-0.2, 0) is 0 Å². The fourth-order valence-corrected chi connectivity index (χ4v) is 1.46. The Morgan fingerprint density at radius 3 is 2.53 bits per heavy atom. The Morgan fingerprint density at radius 2 is 2.00 bits per heavy atom. The fourth-order valence-electron chi connectivity index (χ4n) is 1.46. The summed E-state index contributed by atoms with van der Waals surface area (Å²) in [5, 5.41) is 33.8. The van der Waals surface area contributed by atoms with Crippen LogP contribution in [0, 0.1) is 31.6 Å². The molecular weight excluding hydrogens is 254 g/mol. The van der Waals surface area contributed by atoms with E-state index in [9.17, 15) is 20.2 Å². The van der Waals surface area contributed by atoms with E-state index < -0.39 is 9.85 Å². The van der Waals surface area contributed by atoms with Gasteiger partial charge in [0.25, 0.3) is 5.69 Å². The smallest absolute Gasteiger partial charge is 0.258 e. The van der Waals surface area contributed by atoms with Crippen molar-refractivity contribution >= 4 is 11.4 Å². The lowest BCUT2D eigenvalue weighted by atomic mass is 10.2. The van der Waals surface area contributed by atoms with Gasteiger partial charge in [0.2, 0.25) is 0 Å². The van der Waals surface area contributed by atoms with Crippen LogP contribution in [0.25, 0.3) is 5.69 Å². The SMILES string of the molecule is N#Cc1ccc(-n2cc([N+](=O)[O-])cn2)cc1[N+](=O)[O-]. The number of benzene rings is 1. The number of nitro groups is 2. The fraction of sp³-hybridized carbons (Fsp3) is 0. The molecule has 0 aliphatic heterocycles. The lowest BCUT2D eigenvalue weighted by molar-refractivity contribution is -0.385. The first-order chi connectivity index (χ1) is 9.02. The highest BCUT2D eigenvalue weighted by atomic mass is 16.6. The maximum absolute atomic E-state index is 10.8. The van der Waals surface area contributed by atoms with Gasteiger partial charge in [0.1, 0.15) is 24.0 Å². The average Bonchev–Trinajstić information content (AvgIpc) is 2.87. The Balaban J connectivity index is 2.51. The zero-order chi connectivity index (χ0) is 14.0. The minimum Gasteiger partial charge on any atom is -0.258 e. The molecular formula is C10H5N5O4. The molecule has 0 spiro atoms. The molecule has 1 aromatic heterocycles. The molecule has 0 radical (unpaired) electrons. The molecule has 9 heteroatoms. The van der Waals surface area contributed by atoms with Gasteiger partial charge < -0.3 is 0 Å².